The summed E-state index contributed by atoms with van der Waals surface area (Å²) in [6.45, 7) is 1.59. The van der Waals surface area contributed by atoms with Crippen LogP contribution < -0.4 is 0 Å². The molecule has 1 aromatic heterocycles. The van der Waals surface area contributed by atoms with Crippen LogP contribution in [0.2, 0.25) is 0 Å². The second-order valence-corrected chi connectivity index (χ2v) is 7.67. The lowest BCUT2D eigenvalue weighted by molar-refractivity contribution is 0.0758. The van der Waals surface area contributed by atoms with E-state index < -0.39 is 10.0 Å². The highest BCUT2D eigenvalue weighted by atomic mass is 32.2. The first-order chi connectivity index (χ1) is 11.4. The van der Waals surface area contributed by atoms with Gasteiger partial charge < -0.3 is 4.90 Å². The van der Waals surface area contributed by atoms with Crippen molar-refractivity contribution >= 4 is 15.9 Å². The smallest absolute Gasteiger partial charge is 0.276 e. The molecule has 2 heterocycles. The van der Waals surface area contributed by atoms with E-state index in [0.717, 1.165) is 5.69 Å². The van der Waals surface area contributed by atoms with Gasteiger partial charge in [-0.05, 0) is 18.6 Å². The Hall–Kier alpha value is -2.26. The summed E-state index contributed by atoms with van der Waals surface area (Å²) in [6.07, 6.45) is 3.39. The molecule has 24 heavy (non-hydrogen) atoms. The molecule has 3 rings (SSSR count). The Balaban J connectivity index is 1.72. The van der Waals surface area contributed by atoms with Crippen molar-refractivity contribution in [2.45, 2.75) is 6.42 Å². The van der Waals surface area contributed by atoms with Crippen molar-refractivity contribution in [3.05, 3.63) is 42.2 Å². The van der Waals surface area contributed by atoms with E-state index in [1.165, 1.54) is 10.6 Å². The summed E-state index contributed by atoms with van der Waals surface area (Å²) in [5.41, 5.74) is 1.08. The zero-order chi connectivity index (χ0) is 17.2. The summed E-state index contributed by atoms with van der Waals surface area (Å²) >= 11 is 0. The number of aromatic nitrogens is 3. The van der Waals surface area contributed by atoms with Gasteiger partial charge in [-0.1, -0.05) is 23.4 Å². The van der Waals surface area contributed by atoms with Gasteiger partial charge in [0, 0.05) is 26.2 Å². The lowest BCUT2D eigenvalue weighted by Crippen LogP contribution is -2.37. The van der Waals surface area contributed by atoms with E-state index >= 15 is 0 Å². The predicted octanol–water partition coefficient (Wildman–Crippen LogP) is 0.375. The normalized spacial score (nSPS) is 16.8. The molecular weight excluding hydrogens is 330 g/mol. The first-order valence-electron chi connectivity index (χ1n) is 7.67. The molecule has 0 atom stereocenters. The van der Waals surface area contributed by atoms with Crippen LogP contribution in [0.25, 0.3) is 5.69 Å². The van der Waals surface area contributed by atoms with E-state index in [1.54, 1.807) is 15.8 Å². The molecule has 1 aromatic carbocycles. The summed E-state index contributed by atoms with van der Waals surface area (Å²) in [6, 6.07) is 9.41. The summed E-state index contributed by atoms with van der Waals surface area (Å²) < 4.78 is 26.2. The molecule has 0 spiro atoms. The molecule has 0 aliphatic carbocycles. The van der Waals surface area contributed by atoms with Crippen LogP contribution in [-0.2, 0) is 10.0 Å². The molecule has 1 fully saturated rings. The van der Waals surface area contributed by atoms with Gasteiger partial charge >= 0.3 is 0 Å². The number of benzene rings is 1. The third-order valence-electron chi connectivity index (χ3n) is 3.94. The molecule has 0 saturated carbocycles. The number of sulfonamides is 1. The Labute approximate surface area is 140 Å². The summed E-state index contributed by atoms with van der Waals surface area (Å²) in [5, 5.41) is 7.95. The summed E-state index contributed by atoms with van der Waals surface area (Å²) in [5.74, 6) is -0.229. The van der Waals surface area contributed by atoms with Gasteiger partial charge in [0.05, 0.1) is 18.1 Å². The molecular formula is C15H19N5O3S. The average Bonchev–Trinajstić information content (AvgIpc) is 2.91. The van der Waals surface area contributed by atoms with Crippen LogP contribution in [0.3, 0.4) is 0 Å². The maximum Gasteiger partial charge on any atom is 0.276 e. The molecule has 8 nitrogen and oxygen atoms in total. The second kappa shape index (κ2) is 6.70. The minimum atomic E-state index is -3.23. The molecule has 2 aromatic rings. The van der Waals surface area contributed by atoms with Crippen LogP contribution in [0.4, 0.5) is 0 Å². The molecule has 0 radical (unpaired) electrons. The van der Waals surface area contributed by atoms with Gasteiger partial charge in [0.25, 0.3) is 5.91 Å². The van der Waals surface area contributed by atoms with Crippen molar-refractivity contribution in [1.82, 2.24) is 24.2 Å². The fourth-order valence-corrected chi connectivity index (χ4v) is 3.53. The van der Waals surface area contributed by atoms with Gasteiger partial charge in [0.1, 0.15) is 0 Å². The van der Waals surface area contributed by atoms with Gasteiger partial charge in [0.15, 0.2) is 5.69 Å². The number of nitrogens with zero attached hydrogens (tertiary/aromatic N) is 5. The van der Waals surface area contributed by atoms with Crippen molar-refractivity contribution in [1.29, 1.82) is 0 Å². The molecule has 1 aliphatic heterocycles. The third-order valence-corrected chi connectivity index (χ3v) is 5.25. The molecule has 128 valence electrons. The minimum Gasteiger partial charge on any atom is -0.336 e. The zero-order valence-corrected chi connectivity index (χ0v) is 14.2. The van der Waals surface area contributed by atoms with Crippen molar-refractivity contribution in [3.8, 4) is 5.69 Å². The van der Waals surface area contributed by atoms with Crippen molar-refractivity contribution in [3.63, 3.8) is 0 Å². The van der Waals surface area contributed by atoms with Crippen LogP contribution in [0, 0.1) is 0 Å². The molecule has 1 aliphatic rings. The third kappa shape index (κ3) is 3.62. The van der Waals surface area contributed by atoms with Crippen molar-refractivity contribution in [2.75, 3.05) is 32.4 Å². The summed E-state index contributed by atoms with van der Waals surface area (Å²) in [4.78, 5) is 14.2. The molecule has 0 N–H and O–H groups in total. The fourth-order valence-electron chi connectivity index (χ4n) is 2.66. The first kappa shape index (κ1) is 16.6. The average molecular weight is 349 g/mol. The number of carbonyl (C=O) groups excluding carboxylic acids is 1. The molecule has 1 saturated heterocycles. The maximum atomic E-state index is 12.6. The standard InChI is InChI=1S/C15H19N5O3S/c1-24(22,23)19-9-5-8-18(10-11-19)15(21)14-12-20(17-16-14)13-6-3-2-4-7-13/h2-4,6-7,12H,5,8-11H2,1H3. The Morgan fingerprint density at radius 1 is 1.08 bits per heavy atom. The van der Waals surface area contributed by atoms with E-state index in [0.29, 0.717) is 32.6 Å². The van der Waals surface area contributed by atoms with Crippen molar-refractivity contribution < 1.29 is 13.2 Å². The first-order valence-corrected chi connectivity index (χ1v) is 9.52. The largest absolute Gasteiger partial charge is 0.336 e. The Kier molecular flexibility index (Phi) is 4.63. The summed E-state index contributed by atoms with van der Waals surface area (Å²) in [7, 11) is -3.23. The maximum absolute atomic E-state index is 12.6. The monoisotopic (exact) mass is 349 g/mol. The highest BCUT2D eigenvalue weighted by Crippen LogP contribution is 2.11. The Morgan fingerprint density at radius 3 is 2.54 bits per heavy atom. The van der Waals surface area contributed by atoms with Crippen LogP contribution >= 0.6 is 0 Å². The number of rotatable bonds is 3. The SMILES string of the molecule is CS(=O)(=O)N1CCCN(C(=O)c2cn(-c3ccccc3)nn2)CC1. The van der Waals surface area contributed by atoms with E-state index in [-0.39, 0.29) is 11.6 Å². The van der Waals surface area contributed by atoms with Gasteiger partial charge in [-0.15, -0.1) is 5.10 Å². The van der Waals surface area contributed by atoms with Gasteiger partial charge in [-0.3, -0.25) is 4.79 Å². The Morgan fingerprint density at radius 2 is 1.83 bits per heavy atom. The number of carbonyl (C=O) groups is 1. The predicted molar refractivity (Wildman–Crippen MR) is 88.3 cm³/mol. The fraction of sp³-hybridized carbons (Fsp3) is 0.400. The van der Waals surface area contributed by atoms with Crippen LogP contribution in [0.1, 0.15) is 16.9 Å². The lowest BCUT2D eigenvalue weighted by Gasteiger charge is -2.19. The van der Waals surface area contributed by atoms with Gasteiger partial charge in [-0.25, -0.2) is 17.4 Å². The van der Waals surface area contributed by atoms with E-state index in [4.69, 9.17) is 0 Å². The molecule has 1 amide bonds. The molecule has 0 unspecified atom stereocenters. The van der Waals surface area contributed by atoms with E-state index in [9.17, 15) is 13.2 Å². The second-order valence-electron chi connectivity index (χ2n) is 5.69. The highest BCUT2D eigenvalue weighted by Gasteiger charge is 2.25. The van der Waals surface area contributed by atoms with Crippen LogP contribution in [0.5, 0.6) is 0 Å². The highest BCUT2D eigenvalue weighted by molar-refractivity contribution is 7.88. The van der Waals surface area contributed by atoms with Crippen molar-refractivity contribution in [2.24, 2.45) is 0 Å². The minimum absolute atomic E-state index is 0.229. The zero-order valence-electron chi connectivity index (χ0n) is 13.4. The van der Waals surface area contributed by atoms with Crippen LogP contribution in [0.15, 0.2) is 36.5 Å². The van der Waals surface area contributed by atoms with Gasteiger partial charge in [-0.2, -0.15) is 0 Å². The number of amides is 1. The number of para-hydroxylation sites is 1. The Bertz CT molecular complexity index is 819. The van der Waals surface area contributed by atoms with Crippen LogP contribution in [-0.4, -0.2) is 71.0 Å². The molecule has 9 heteroatoms. The molecule has 0 bridgehead atoms. The lowest BCUT2D eigenvalue weighted by atomic mass is 10.3. The topological polar surface area (TPSA) is 88.4 Å². The van der Waals surface area contributed by atoms with E-state index in [1.807, 2.05) is 30.3 Å². The quantitative estimate of drug-likeness (QED) is 0.799. The number of hydrogen-bond donors (Lipinski definition) is 0. The van der Waals surface area contributed by atoms with Gasteiger partial charge in [0.2, 0.25) is 10.0 Å². The number of hydrogen-bond acceptors (Lipinski definition) is 5. The van der Waals surface area contributed by atoms with E-state index in [2.05, 4.69) is 10.3 Å².